The Hall–Kier alpha value is -2.86. The Kier molecular flexibility index (Phi) is 3.75. The third-order valence-electron chi connectivity index (χ3n) is 2.70. The highest BCUT2D eigenvalue weighted by atomic mass is 16.4. The van der Waals surface area contributed by atoms with Gasteiger partial charge in [-0.25, -0.2) is 4.79 Å². The Morgan fingerprint density at radius 2 is 1.37 bits per heavy atom. The number of carboxylic acids is 1. The summed E-state index contributed by atoms with van der Waals surface area (Å²) in [6.07, 6.45) is 0. The summed E-state index contributed by atoms with van der Waals surface area (Å²) in [6, 6.07) is 19.5. The maximum Gasteiger partial charge on any atom is 0.337 e. The van der Waals surface area contributed by atoms with Gasteiger partial charge in [0.25, 0.3) is 0 Å². The van der Waals surface area contributed by atoms with Crippen LogP contribution in [-0.2, 0) is 4.79 Å². The van der Waals surface area contributed by atoms with E-state index in [0.29, 0.717) is 11.1 Å². The number of carbonyl (C=O) groups is 1. The maximum absolute atomic E-state index is 11.5. The van der Waals surface area contributed by atoms with Gasteiger partial charge in [-0.15, -0.1) is 0 Å². The van der Waals surface area contributed by atoms with Crippen LogP contribution < -0.4 is 0 Å². The van der Waals surface area contributed by atoms with Crippen LogP contribution in [0.2, 0.25) is 0 Å². The Balaban J connectivity index is 2.69. The summed E-state index contributed by atoms with van der Waals surface area (Å²) in [6.45, 7) is 0. The molecule has 2 rings (SSSR count). The SMILES string of the molecule is N#CC(=C(C(=O)O)c1ccccc1)c1ccccc1. The first kappa shape index (κ1) is 12.6. The number of nitriles is 1. The summed E-state index contributed by atoms with van der Waals surface area (Å²) >= 11 is 0. The molecule has 0 aromatic heterocycles. The minimum absolute atomic E-state index is 0.0225. The molecule has 0 saturated heterocycles. The van der Waals surface area contributed by atoms with Gasteiger partial charge in [-0.05, 0) is 11.1 Å². The van der Waals surface area contributed by atoms with E-state index in [0.717, 1.165) is 0 Å². The lowest BCUT2D eigenvalue weighted by atomic mass is 9.95. The van der Waals surface area contributed by atoms with Crippen LogP contribution in [0.15, 0.2) is 60.7 Å². The molecule has 2 aromatic carbocycles. The molecule has 3 nitrogen and oxygen atoms in total. The first-order valence-corrected chi connectivity index (χ1v) is 5.72. The van der Waals surface area contributed by atoms with Crippen molar-refractivity contribution in [3.8, 4) is 6.07 Å². The van der Waals surface area contributed by atoms with Crippen molar-refractivity contribution in [3.05, 3.63) is 71.8 Å². The van der Waals surface area contributed by atoms with E-state index in [1.165, 1.54) is 0 Å². The van der Waals surface area contributed by atoms with Crippen molar-refractivity contribution in [3.63, 3.8) is 0 Å². The standard InChI is InChI=1S/C16H11NO2/c17-11-14(12-7-3-1-4-8-12)15(16(18)19)13-9-5-2-6-10-13/h1-10H,(H,18,19). The third kappa shape index (κ3) is 2.70. The third-order valence-corrected chi connectivity index (χ3v) is 2.70. The van der Waals surface area contributed by atoms with Crippen LogP contribution in [0.25, 0.3) is 11.1 Å². The van der Waals surface area contributed by atoms with E-state index in [9.17, 15) is 15.2 Å². The summed E-state index contributed by atoms with van der Waals surface area (Å²) < 4.78 is 0. The maximum atomic E-state index is 11.5. The van der Waals surface area contributed by atoms with Crippen molar-refractivity contribution >= 4 is 17.1 Å². The smallest absolute Gasteiger partial charge is 0.337 e. The van der Waals surface area contributed by atoms with Gasteiger partial charge in [0.05, 0.1) is 11.1 Å². The molecule has 0 fully saturated rings. The van der Waals surface area contributed by atoms with Crippen molar-refractivity contribution in [2.24, 2.45) is 0 Å². The molecule has 92 valence electrons. The Morgan fingerprint density at radius 3 is 1.79 bits per heavy atom. The zero-order valence-corrected chi connectivity index (χ0v) is 10.1. The highest BCUT2D eigenvalue weighted by molar-refractivity contribution is 6.25. The van der Waals surface area contributed by atoms with Gasteiger partial charge in [-0.1, -0.05) is 60.7 Å². The van der Waals surface area contributed by atoms with Crippen molar-refractivity contribution in [2.45, 2.75) is 0 Å². The number of nitrogens with zero attached hydrogens (tertiary/aromatic N) is 1. The minimum Gasteiger partial charge on any atom is -0.478 e. The Labute approximate surface area is 111 Å². The van der Waals surface area contributed by atoms with Crippen LogP contribution in [-0.4, -0.2) is 11.1 Å². The summed E-state index contributed by atoms with van der Waals surface area (Å²) in [7, 11) is 0. The second kappa shape index (κ2) is 5.65. The molecule has 2 aromatic rings. The molecule has 0 aliphatic rings. The topological polar surface area (TPSA) is 61.1 Å². The van der Waals surface area contributed by atoms with E-state index in [-0.39, 0.29) is 11.1 Å². The molecule has 0 saturated carbocycles. The molecule has 0 aliphatic heterocycles. The molecular weight excluding hydrogens is 238 g/mol. The zero-order chi connectivity index (χ0) is 13.7. The Morgan fingerprint density at radius 1 is 0.895 bits per heavy atom. The lowest BCUT2D eigenvalue weighted by Crippen LogP contribution is -2.03. The quantitative estimate of drug-likeness (QED) is 0.516. The largest absolute Gasteiger partial charge is 0.478 e. The van der Waals surface area contributed by atoms with E-state index < -0.39 is 5.97 Å². The van der Waals surface area contributed by atoms with E-state index in [1.807, 2.05) is 12.1 Å². The van der Waals surface area contributed by atoms with Crippen molar-refractivity contribution < 1.29 is 9.90 Å². The fourth-order valence-corrected chi connectivity index (χ4v) is 1.85. The van der Waals surface area contributed by atoms with E-state index in [4.69, 9.17) is 0 Å². The van der Waals surface area contributed by atoms with Crippen LogP contribution in [0, 0.1) is 11.3 Å². The lowest BCUT2D eigenvalue weighted by Gasteiger charge is -2.06. The van der Waals surface area contributed by atoms with Crippen molar-refractivity contribution in [1.29, 1.82) is 5.26 Å². The van der Waals surface area contributed by atoms with Gasteiger partial charge in [0.2, 0.25) is 0 Å². The van der Waals surface area contributed by atoms with Crippen molar-refractivity contribution in [1.82, 2.24) is 0 Å². The number of carboxylic acid groups (broad SMARTS) is 1. The summed E-state index contributed by atoms with van der Waals surface area (Å²) in [5.41, 5.74) is 1.32. The molecule has 0 heterocycles. The first-order chi connectivity index (χ1) is 9.24. The number of rotatable bonds is 3. The molecule has 1 N–H and O–H groups in total. The second-order valence-corrected chi connectivity index (χ2v) is 3.90. The normalized spacial score (nSPS) is 11.3. The second-order valence-electron chi connectivity index (χ2n) is 3.90. The fourth-order valence-electron chi connectivity index (χ4n) is 1.85. The molecular formula is C16H11NO2. The predicted molar refractivity (Wildman–Crippen MR) is 72.9 cm³/mol. The van der Waals surface area contributed by atoms with Crippen LogP contribution in [0.4, 0.5) is 0 Å². The van der Waals surface area contributed by atoms with E-state index >= 15 is 0 Å². The van der Waals surface area contributed by atoms with Crippen LogP contribution in [0.1, 0.15) is 11.1 Å². The lowest BCUT2D eigenvalue weighted by molar-refractivity contribution is -0.130. The number of allylic oxidation sites excluding steroid dienone is 1. The molecule has 0 atom stereocenters. The van der Waals surface area contributed by atoms with Gasteiger partial charge < -0.3 is 5.11 Å². The van der Waals surface area contributed by atoms with Crippen LogP contribution in [0.3, 0.4) is 0 Å². The van der Waals surface area contributed by atoms with E-state index in [2.05, 4.69) is 0 Å². The molecule has 0 aliphatic carbocycles. The fraction of sp³-hybridized carbons (Fsp3) is 0. The number of hydrogen-bond donors (Lipinski definition) is 1. The highest BCUT2D eigenvalue weighted by Gasteiger charge is 2.17. The summed E-state index contributed by atoms with van der Waals surface area (Å²) in [5.74, 6) is -1.10. The first-order valence-electron chi connectivity index (χ1n) is 5.72. The van der Waals surface area contributed by atoms with Crippen LogP contribution >= 0.6 is 0 Å². The number of benzene rings is 2. The monoisotopic (exact) mass is 249 g/mol. The van der Waals surface area contributed by atoms with Crippen LogP contribution in [0.5, 0.6) is 0 Å². The summed E-state index contributed by atoms with van der Waals surface area (Å²) in [5, 5.41) is 18.7. The summed E-state index contributed by atoms with van der Waals surface area (Å²) in [4.78, 5) is 11.5. The molecule has 0 radical (unpaired) electrons. The van der Waals surface area contributed by atoms with E-state index in [1.54, 1.807) is 54.6 Å². The van der Waals surface area contributed by atoms with Gasteiger partial charge >= 0.3 is 5.97 Å². The predicted octanol–water partition coefficient (Wildman–Crippen LogP) is 3.21. The molecule has 0 unspecified atom stereocenters. The average Bonchev–Trinajstić information content (AvgIpc) is 2.46. The van der Waals surface area contributed by atoms with Gasteiger partial charge in [-0.3, -0.25) is 0 Å². The van der Waals surface area contributed by atoms with Gasteiger partial charge in [0.1, 0.15) is 6.07 Å². The van der Waals surface area contributed by atoms with Gasteiger partial charge in [-0.2, -0.15) is 5.26 Å². The van der Waals surface area contributed by atoms with Crippen molar-refractivity contribution in [2.75, 3.05) is 0 Å². The molecule has 0 spiro atoms. The highest BCUT2D eigenvalue weighted by Crippen LogP contribution is 2.26. The molecule has 0 bridgehead atoms. The van der Waals surface area contributed by atoms with Gasteiger partial charge in [0.15, 0.2) is 0 Å². The number of hydrogen-bond acceptors (Lipinski definition) is 2. The molecule has 19 heavy (non-hydrogen) atoms. The molecule has 0 amide bonds. The van der Waals surface area contributed by atoms with Gasteiger partial charge in [0, 0.05) is 0 Å². The zero-order valence-electron chi connectivity index (χ0n) is 10.1. The molecule has 3 heteroatoms. The number of aliphatic carboxylic acids is 1. The minimum atomic E-state index is -1.10. The Bertz CT molecular complexity index is 652. The average molecular weight is 249 g/mol.